The Kier molecular flexibility index (Phi) is 5.68. The number of nitrogens with zero attached hydrogens (tertiary/aromatic N) is 4. The fourth-order valence-electron chi connectivity index (χ4n) is 2.74. The molecule has 0 atom stereocenters. The van der Waals surface area contributed by atoms with Gasteiger partial charge in [0.15, 0.2) is 11.6 Å². The van der Waals surface area contributed by atoms with Crippen molar-refractivity contribution in [2.24, 2.45) is 0 Å². The second-order valence-electron chi connectivity index (χ2n) is 7.92. The Balaban J connectivity index is 2.04. The molecule has 9 nitrogen and oxygen atoms in total. The van der Waals surface area contributed by atoms with Gasteiger partial charge in [-0.1, -0.05) is 6.07 Å². The van der Waals surface area contributed by atoms with Crippen molar-refractivity contribution in [3.63, 3.8) is 0 Å². The summed E-state index contributed by atoms with van der Waals surface area (Å²) in [5, 5.41) is 14.2. The van der Waals surface area contributed by atoms with E-state index in [4.69, 9.17) is 5.73 Å². The number of rotatable bonds is 6. The first kappa shape index (κ1) is 21.9. The number of anilines is 1. The zero-order valence-electron chi connectivity index (χ0n) is 17.6. The summed E-state index contributed by atoms with van der Waals surface area (Å²) >= 11 is 0. The van der Waals surface area contributed by atoms with E-state index >= 15 is 0 Å². The quantitative estimate of drug-likeness (QED) is 0.543. The maximum absolute atomic E-state index is 12.7. The van der Waals surface area contributed by atoms with E-state index in [9.17, 15) is 13.5 Å². The fraction of sp³-hybridized carbons (Fsp3) is 0.350. The summed E-state index contributed by atoms with van der Waals surface area (Å²) in [5.41, 5.74) is 8.59. The molecule has 0 aliphatic heterocycles. The molecule has 0 amide bonds. The van der Waals surface area contributed by atoms with E-state index in [1.165, 1.54) is 32.2 Å². The van der Waals surface area contributed by atoms with Crippen LogP contribution < -0.4 is 10.5 Å². The minimum absolute atomic E-state index is 0.0679. The Hall–Kier alpha value is -2.82. The van der Waals surface area contributed by atoms with E-state index < -0.39 is 15.6 Å². The third-order valence-electron chi connectivity index (χ3n) is 4.63. The minimum Gasteiger partial charge on any atom is -0.389 e. The van der Waals surface area contributed by atoms with Gasteiger partial charge in [0, 0.05) is 18.3 Å². The lowest BCUT2D eigenvalue weighted by molar-refractivity contribution is 0.0857. The van der Waals surface area contributed by atoms with Gasteiger partial charge in [0.25, 0.3) is 0 Å². The molecule has 1 aromatic carbocycles. The molecule has 0 unspecified atom stereocenters. The molecular formula is C20H26N6O3S. The van der Waals surface area contributed by atoms with Gasteiger partial charge in [-0.05, 0) is 57.9 Å². The number of hydrogen-bond acceptors (Lipinski definition) is 7. The lowest BCUT2D eigenvalue weighted by Gasteiger charge is -2.18. The minimum atomic E-state index is -3.81. The third-order valence-corrected chi connectivity index (χ3v) is 6.03. The lowest BCUT2D eigenvalue weighted by Crippen LogP contribution is -2.38. The predicted molar refractivity (Wildman–Crippen MR) is 115 cm³/mol. The summed E-state index contributed by atoms with van der Waals surface area (Å²) in [6, 6.07) is 4.75. The SMILES string of the molecule is Cc1ccc(S(=O)(=O)NCC(C)(C)O)cc1-c1cnc(N)c(-n2cc(C)c(C)n2)n1. The van der Waals surface area contributed by atoms with Gasteiger partial charge in [-0.25, -0.2) is 27.8 Å². The second-order valence-corrected chi connectivity index (χ2v) is 9.69. The van der Waals surface area contributed by atoms with Crippen LogP contribution in [0.15, 0.2) is 35.5 Å². The Bertz CT molecular complexity index is 1180. The summed E-state index contributed by atoms with van der Waals surface area (Å²) in [4.78, 5) is 8.89. The fourth-order valence-corrected chi connectivity index (χ4v) is 3.97. The first-order valence-corrected chi connectivity index (χ1v) is 10.8. The van der Waals surface area contributed by atoms with Crippen molar-refractivity contribution < 1.29 is 13.5 Å². The Morgan fingerprint density at radius 2 is 1.90 bits per heavy atom. The first-order chi connectivity index (χ1) is 13.9. The van der Waals surface area contributed by atoms with Crippen LogP contribution in [0.4, 0.5) is 5.82 Å². The maximum atomic E-state index is 12.7. The molecule has 3 rings (SSSR count). The highest BCUT2D eigenvalue weighted by atomic mass is 32.2. The Labute approximate surface area is 176 Å². The predicted octanol–water partition coefficient (Wildman–Crippen LogP) is 1.89. The second kappa shape index (κ2) is 7.78. The van der Waals surface area contributed by atoms with Gasteiger partial charge in [0.1, 0.15) is 0 Å². The summed E-state index contributed by atoms with van der Waals surface area (Å²) < 4.78 is 29.3. The normalized spacial score (nSPS) is 12.3. The number of nitrogen functional groups attached to an aromatic ring is 1. The standard InChI is InChI=1S/C20H26N6O3S/c1-12-6-7-15(30(28,29)23-11-20(4,5)27)8-16(12)17-9-22-18(21)19(24-17)26-10-13(2)14(3)25-26/h6-10,23,27H,11H2,1-5H3,(H2,21,22). The van der Waals surface area contributed by atoms with Crippen LogP contribution >= 0.6 is 0 Å². The summed E-state index contributed by atoms with van der Waals surface area (Å²) in [6.07, 6.45) is 3.32. The van der Waals surface area contributed by atoms with Gasteiger partial charge in [-0.2, -0.15) is 5.10 Å². The summed E-state index contributed by atoms with van der Waals surface area (Å²) in [6.45, 7) is 8.63. The number of nitrogens with one attached hydrogen (secondary N) is 1. The van der Waals surface area contributed by atoms with E-state index in [0.29, 0.717) is 17.1 Å². The molecule has 0 saturated carbocycles. The first-order valence-electron chi connectivity index (χ1n) is 9.36. The van der Waals surface area contributed by atoms with E-state index in [1.54, 1.807) is 10.7 Å². The number of aromatic nitrogens is 4. The summed E-state index contributed by atoms with van der Waals surface area (Å²) in [7, 11) is -3.81. The van der Waals surface area contributed by atoms with Crippen LogP contribution in [0.3, 0.4) is 0 Å². The van der Waals surface area contributed by atoms with Crippen LogP contribution in [-0.2, 0) is 10.0 Å². The van der Waals surface area contributed by atoms with Gasteiger partial charge in [0.2, 0.25) is 10.0 Å². The van der Waals surface area contributed by atoms with E-state index in [2.05, 4.69) is 19.8 Å². The van der Waals surface area contributed by atoms with Gasteiger partial charge < -0.3 is 10.8 Å². The highest BCUT2D eigenvalue weighted by Crippen LogP contribution is 2.27. The monoisotopic (exact) mass is 430 g/mol. The molecule has 30 heavy (non-hydrogen) atoms. The van der Waals surface area contributed by atoms with E-state index in [-0.39, 0.29) is 17.3 Å². The number of nitrogens with two attached hydrogens (primary N) is 1. The molecule has 3 aromatic rings. The molecule has 4 N–H and O–H groups in total. The maximum Gasteiger partial charge on any atom is 0.240 e. The molecule has 10 heteroatoms. The molecule has 0 spiro atoms. The van der Waals surface area contributed by atoms with Crippen LogP contribution in [0.25, 0.3) is 17.1 Å². The molecule has 160 valence electrons. The highest BCUT2D eigenvalue weighted by molar-refractivity contribution is 7.89. The number of benzene rings is 1. The third kappa shape index (κ3) is 4.66. The van der Waals surface area contributed by atoms with Crippen molar-refractivity contribution in [2.45, 2.75) is 45.1 Å². The highest BCUT2D eigenvalue weighted by Gasteiger charge is 2.21. The largest absolute Gasteiger partial charge is 0.389 e. The molecule has 0 bridgehead atoms. The topological polar surface area (TPSA) is 136 Å². The van der Waals surface area contributed by atoms with Gasteiger partial charge in [0.05, 0.1) is 28.1 Å². The van der Waals surface area contributed by atoms with Crippen molar-refractivity contribution >= 4 is 15.8 Å². The zero-order valence-corrected chi connectivity index (χ0v) is 18.4. The van der Waals surface area contributed by atoms with Crippen LogP contribution in [0.1, 0.15) is 30.7 Å². The molecule has 2 aromatic heterocycles. The number of hydrogen-bond donors (Lipinski definition) is 3. The smallest absolute Gasteiger partial charge is 0.240 e. The lowest BCUT2D eigenvalue weighted by atomic mass is 10.1. The molecular weight excluding hydrogens is 404 g/mol. The van der Waals surface area contributed by atoms with Crippen molar-refractivity contribution in [3.8, 4) is 17.1 Å². The average molecular weight is 431 g/mol. The van der Waals surface area contributed by atoms with Gasteiger partial charge >= 0.3 is 0 Å². The Morgan fingerprint density at radius 3 is 2.50 bits per heavy atom. The zero-order chi connectivity index (χ0) is 22.3. The average Bonchev–Trinajstić information content (AvgIpc) is 2.99. The van der Waals surface area contributed by atoms with Crippen molar-refractivity contribution in [3.05, 3.63) is 47.4 Å². The number of aliphatic hydroxyl groups is 1. The van der Waals surface area contributed by atoms with Crippen LogP contribution in [0, 0.1) is 20.8 Å². The number of aryl methyl sites for hydroxylation is 3. The molecule has 0 aliphatic rings. The van der Waals surface area contributed by atoms with Gasteiger partial charge in [-0.3, -0.25) is 0 Å². The molecule has 0 fully saturated rings. The van der Waals surface area contributed by atoms with Crippen molar-refractivity contribution in [1.29, 1.82) is 0 Å². The molecule has 0 aliphatic carbocycles. The van der Waals surface area contributed by atoms with Crippen LogP contribution in [0.2, 0.25) is 0 Å². The van der Waals surface area contributed by atoms with Crippen LogP contribution in [-0.4, -0.2) is 45.4 Å². The molecule has 0 saturated heterocycles. The number of sulfonamides is 1. The molecule has 2 heterocycles. The van der Waals surface area contributed by atoms with E-state index in [1.807, 2.05) is 27.0 Å². The Morgan fingerprint density at radius 1 is 1.20 bits per heavy atom. The van der Waals surface area contributed by atoms with Crippen molar-refractivity contribution in [2.75, 3.05) is 12.3 Å². The van der Waals surface area contributed by atoms with E-state index in [0.717, 1.165) is 16.8 Å². The summed E-state index contributed by atoms with van der Waals surface area (Å²) in [5.74, 6) is 0.589. The van der Waals surface area contributed by atoms with Crippen molar-refractivity contribution in [1.82, 2.24) is 24.5 Å². The molecule has 0 radical (unpaired) electrons. The van der Waals surface area contributed by atoms with Crippen LogP contribution in [0.5, 0.6) is 0 Å². The van der Waals surface area contributed by atoms with Gasteiger partial charge in [-0.15, -0.1) is 0 Å².